The van der Waals surface area contributed by atoms with E-state index in [1.54, 1.807) is 0 Å². The molecule has 0 spiro atoms. The molecule has 1 heteroatoms. The van der Waals surface area contributed by atoms with E-state index in [-0.39, 0.29) is 0 Å². The summed E-state index contributed by atoms with van der Waals surface area (Å²) >= 11 is 0. The van der Waals surface area contributed by atoms with Crippen molar-refractivity contribution in [2.75, 3.05) is 0 Å². The summed E-state index contributed by atoms with van der Waals surface area (Å²) < 4.78 is 0. The second kappa shape index (κ2) is 5.72. The first-order valence-corrected chi connectivity index (χ1v) is 4.47. The maximum absolute atomic E-state index is 5.91. The lowest BCUT2D eigenvalue weighted by Gasteiger charge is -2.17. The summed E-state index contributed by atoms with van der Waals surface area (Å²) in [5, 5.41) is 0. The van der Waals surface area contributed by atoms with Crippen molar-refractivity contribution in [1.82, 2.24) is 0 Å². The SMILES string of the molecule is CCCC[C@@H](N)[C@H](C)CC. The topological polar surface area (TPSA) is 26.0 Å². The Balaban J connectivity index is 3.31. The van der Waals surface area contributed by atoms with Crippen molar-refractivity contribution >= 4 is 0 Å². The molecule has 62 valence electrons. The first-order valence-electron chi connectivity index (χ1n) is 4.47. The highest BCUT2D eigenvalue weighted by atomic mass is 14.6. The van der Waals surface area contributed by atoms with Gasteiger partial charge < -0.3 is 5.73 Å². The zero-order chi connectivity index (χ0) is 7.98. The van der Waals surface area contributed by atoms with Crippen LogP contribution in [0, 0.1) is 5.92 Å². The quantitative estimate of drug-likeness (QED) is 0.629. The summed E-state index contributed by atoms with van der Waals surface area (Å²) in [5.74, 6) is 0.701. The van der Waals surface area contributed by atoms with Gasteiger partial charge in [-0.25, -0.2) is 0 Å². The largest absolute Gasteiger partial charge is 0.327 e. The van der Waals surface area contributed by atoms with Crippen LogP contribution in [0.3, 0.4) is 0 Å². The fourth-order valence-corrected chi connectivity index (χ4v) is 1.03. The molecule has 0 saturated carbocycles. The van der Waals surface area contributed by atoms with Gasteiger partial charge in [-0.05, 0) is 12.3 Å². The first kappa shape index (κ1) is 9.96. The molecule has 10 heavy (non-hydrogen) atoms. The van der Waals surface area contributed by atoms with Gasteiger partial charge >= 0.3 is 0 Å². The lowest BCUT2D eigenvalue weighted by atomic mass is 9.96. The minimum atomic E-state index is 0.435. The maximum atomic E-state index is 5.91. The van der Waals surface area contributed by atoms with Gasteiger partial charge in [0.05, 0.1) is 0 Å². The van der Waals surface area contributed by atoms with Crippen molar-refractivity contribution in [3.8, 4) is 0 Å². The van der Waals surface area contributed by atoms with Crippen molar-refractivity contribution in [3.05, 3.63) is 0 Å². The van der Waals surface area contributed by atoms with Crippen LogP contribution < -0.4 is 5.73 Å². The Morgan fingerprint density at radius 2 is 1.90 bits per heavy atom. The zero-order valence-corrected chi connectivity index (χ0v) is 7.56. The van der Waals surface area contributed by atoms with Crippen LogP contribution in [0.4, 0.5) is 0 Å². The van der Waals surface area contributed by atoms with Crippen LogP contribution in [-0.4, -0.2) is 6.04 Å². The summed E-state index contributed by atoms with van der Waals surface area (Å²) in [6.07, 6.45) is 4.96. The van der Waals surface area contributed by atoms with E-state index in [1.807, 2.05) is 0 Å². The lowest BCUT2D eigenvalue weighted by Crippen LogP contribution is -2.27. The molecule has 0 fully saturated rings. The number of hydrogen-bond donors (Lipinski definition) is 1. The van der Waals surface area contributed by atoms with E-state index in [4.69, 9.17) is 5.73 Å². The minimum Gasteiger partial charge on any atom is -0.327 e. The highest BCUT2D eigenvalue weighted by Crippen LogP contribution is 2.10. The predicted octanol–water partition coefficient (Wildman–Crippen LogP) is 2.55. The summed E-state index contributed by atoms with van der Waals surface area (Å²) in [5.41, 5.74) is 5.91. The summed E-state index contributed by atoms with van der Waals surface area (Å²) in [6.45, 7) is 6.65. The van der Waals surface area contributed by atoms with Gasteiger partial charge in [-0.3, -0.25) is 0 Å². The fourth-order valence-electron chi connectivity index (χ4n) is 1.03. The Bertz CT molecular complexity index is 71.1. The molecule has 0 bridgehead atoms. The monoisotopic (exact) mass is 143 g/mol. The third kappa shape index (κ3) is 3.89. The van der Waals surface area contributed by atoms with Crippen molar-refractivity contribution < 1.29 is 0 Å². The fraction of sp³-hybridized carbons (Fsp3) is 1.00. The number of nitrogens with two attached hydrogens (primary N) is 1. The number of hydrogen-bond acceptors (Lipinski definition) is 1. The highest BCUT2D eigenvalue weighted by molar-refractivity contribution is 4.66. The van der Waals surface area contributed by atoms with Crippen molar-refractivity contribution in [2.45, 2.75) is 52.5 Å². The van der Waals surface area contributed by atoms with Gasteiger partial charge in [-0.15, -0.1) is 0 Å². The summed E-state index contributed by atoms with van der Waals surface area (Å²) in [6, 6.07) is 0.435. The maximum Gasteiger partial charge on any atom is 0.00644 e. The Morgan fingerprint density at radius 1 is 1.30 bits per heavy atom. The van der Waals surface area contributed by atoms with Gasteiger partial charge in [0.2, 0.25) is 0 Å². The molecule has 0 unspecified atom stereocenters. The number of rotatable bonds is 5. The molecule has 0 amide bonds. The summed E-state index contributed by atoms with van der Waals surface area (Å²) in [7, 11) is 0. The average Bonchev–Trinajstić information content (AvgIpc) is 1.98. The Morgan fingerprint density at radius 3 is 2.30 bits per heavy atom. The smallest absolute Gasteiger partial charge is 0.00644 e. The molecule has 0 aliphatic rings. The average molecular weight is 143 g/mol. The van der Waals surface area contributed by atoms with E-state index in [0.717, 1.165) is 0 Å². The molecule has 0 aromatic rings. The molecule has 0 saturated heterocycles. The van der Waals surface area contributed by atoms with Crippen LogP contribution in [0.25, 0.3) is 0 Å². The van der Waals surface area contributed by atoms with Crippen LogP contribution in [0.15, 0.2) is 0 Å². The van der Waals surface area contributed by atoms with Gasteiger partial charge in [-0.2, -0.15) is 0 Å². The molecule has 2 N–H and O–H groups in total. The van der Waals surface area contributed by atoms with Gasteiger partial charge in [0.15, 0.2) is 0 Å². The van der Waals surface area contributed by atoms with Crippen LogP contribution in [0.2, 0.25) is 0 Å². The second-order valence-electron chi connectivity index (χ2n) is 3.19. The van der Waals surface area contributed by atoms with E-state index < -0.39 is 0 Å². The van der Waals surface area contributed by atoms with Gasteiger partial charge in [0, 0.05) is 6.04 Å². The molecule has 0 aromatic heterocycles. The Hall–Kier alpha value is -0.0400. The highest BCUT2D eigenvalue weighted by Gasteiger charge is 2.08. The van der Waals surface area contributed by atoms with Crippen molar-refractivity contribution in [1.29, 1.82) is 0 Å². The molecule has 0 rings (SSSR count). The first-order chi connectivity index (χ1) is 4.72. The van der Waals surface area contributed by atoms with E-state index in [9.17, 15) is 0 Å². The molecule has 0 aliphatic heterocycles. The Labute approximate surface area is 65.0 Å². The third-order valence-corrected chi connectivity index (χ3v) is 2.27. The van der Waals surface area contributed by atoms with Crippen LogP contribution in [-0.2, 0) is 0 Å². The van der Waals surface area contributed by atoms with Gasteiger partial charge in [-0.1, -0.05) is 40.0 Å². The lowest BCUT2D eigenvalue weighted by molar-refractivity contribution is 0.410. The molecule has 1 nitrogen and oxygen atoms in total. The van der Waals surface area contributed by atoms with Crippen LogP contribution in [0.5, 0.6) is 0 Å². The van der Waals surface area contributed by atoms with Crippen LogP contribution >= 0.6 is 0 Å². The predicted molar refractivity (Wildman–Crippen MR) is 47.0 cm³/mol. The van der Waals surface area contributed by atoms with E-state index in [2.05, 4.69) is 20.8 Å². The summed E-state index contributed by atoms with van der Waals surface area (Å²) in [4.78, 5) is 0. The van der Waals surface area contributed by atoms with Gasteiger partial charge in [0.1, 0.15) is 0 Å². The van der Waals surface area contributed by atoms with E-state index in [0.29, 0.717) is 12.0 Å². The van der Waals surface area contributed by atoms with Crippen molar-refractivity contribution in [3.63, 3.8) is 0 Å². The molecule has 2 atom stereocenters. The van der Waals surface area contributed by atoms with E-state index >= 15 is 0 Å². The second-order valence-corrected chi connectivity index (χ2v) is 3.19. The number of unbranched alkanes of at least 4 members (excludes halogenated alkanes) is 1. The minimum absolute atomic E-state index is 0.435. The van der Waals surface area contributed by atoms with Crippen LogP contribution in [0.1, 0.15) is 46.5 Å². The van der Waals surface area contributed by atoms with Crippen molar-refractivity contribution in [2.24, 2.45) is 11.7 Å². The molecule has 0 aromatic carbocycles. The standard InChI is InChI=1S/C9H21N/c1-4-6-7-9(10)8(3)5-2/h8-9H,4-7,10H2,1-3H3/t8-,9-/m1/s1. The molecule has 0 radical (unpaired) electrons. The third-order valence-electron chi connectivity index (χ3n) is 2.27. The van der Waals surface area contributed by atoms with Gasteiger partial charge in [0.25, 0.3) is 0 Å². The Kier molecular flexibility index (Phi) is 5.70. The molecule has 0 heterocycles. The molecular formula is C9H21N. The zero-order valence-electron chi connectivity index (χ0n) is 7.56. The molecular weight excluding hydrogens is 122 g/mol. The molecule has 0 aliphatic carbocycles. The van der Waals surface area contributed by atoms with E-state index in [1.165, 1.54) is 25.7 Å². The normalized spacial score (nSPS) is 16.8.